The van der Waals surface area contributed by atoms with Gasteiger partial charge in [0.2, 0.25) is 10.0 Å². The Hall–Kier alpha value is -1.19. The molecule has 1 fully saturated rings. The summed E-state index contributed by atoms with van der Waals surface area (Å²) in [5.74, 6) is 0.775. The summed E-state index contributed by atoms with van der Waals surface area (Å²) in [4.78, 5) is 10.8. The average Bonchev–Trinajstić information content (AvgIpc) is 2.85. The summed E-state index contributed by atoms with van der Waals surface area (Å²) in [7, 11) is -3.12. The summed E-state index contributed by atoms with van der Waals surface area (Å²) in [5.41, 5.74) is 0.779. The van der Waals surface area contributed by atoms with Crippen molar-refractivity contribution in [3.05, 3.63) is 23.2 Å². The van der Waals surface area contributed by atoms with Crippen LogP contribution in [0, 0.1) is 0 Å². The van der Waals surface area contributed by atoms with Crippen LogP contribution in [-0.2, 0) is 10.0 Å². The molecule has 0 spiro atoms. The van der Waals surface area contributed by atoms with E-state index < -0.39 is 10.0 Å². The Kier molecular flexibility index (Phi) is 3.43. The van der Waals surface area contributed by atoms with Gasteiger partial charge in [0, 0.05) is 44.8 Å². The zero-order valence-corrected chi connectivity index (χ0v) is 13.3. The topological polar surface area (TPSA) is 70.8 Å². The lowest BCUT2D eigenvalue weighted by molar-refractivity contribution is 0.387. The number of fused-ring (bicyclic) bond motifs is 1. The highest BCUT2D eigenvalue weighted by atomic mass is 79.9. The largest absolute Gasteiger partial charge is 0.351 e. The molecule has 3 heterocycles. The van der Waals surface area contributed by atoms with Gasteiger partial charge >= 0.3 is 0 Å². The number of imidazole rings is 1. The zero-order valence-electron chi connectivity index (χ0n) is 10.9. The number of hydrogen-bond donors (Lipinski definition) is 0. The number of rotatable bonds is 2. The van der Waals surface area contributed by atoms with Crippen molar-refractivity contribution in [2.45, 2.75) is 0 Å². The van der Waals surface area contributed by atoms with E-state index in [1.54, 1.807) is 6.20 Å². The monoisotopic (exact) mass is 359 g/mol. The van der Waals surface area contributed by atoms with Crippen LogP contribution in [0.3, 0.4) is 0 Å². The van der Waals surface area contributed by atoms with Crippen molar-refractivity contribution >= 4 is 37.4 Å². The first-order valence-electron chi connectivity index (χ1n) is 6.14. The van der Waals surface area contributed by atoms with Crippen LogP contribution in [0.4, 0.5) is 5.82 Å². The van der Waals surface area contributed by atoms with Crippen LogP contribution in [0.2, 0.25) is 0 Å². The summed E-state index contributed by atoms with van der Waals surface area (Å²) in [6, 6.07) is 0. The van der Waals surface area contributed by atoms with E-state index in [1.165, 1.54) is 10.6 Å². The molecule has 9 heteroatoms. The maximum Gasteiger partial charge on any atom is 0.211 e. The molecule has 0 bridgehead atoms. The van der Waals surface area contributed by atoms with Crippen LogP contribution in [0.5, 0.6) is 0 Å². The zero-order chi connectivity index (χ0) is 14.3. The van der Waals surface area contributed by atoms with Gasteiger partial charge in [-0.3, -0.25) is 0 Å². The Bertz CT molecular complexity index is 736. The molecule has 0 aromatic carbocycles. The quantitative estimate of drug-likeness (QED) is 0.783. The number of piperazine rings is 1. The van der Waals surface area contributed by atoms with Gasteiger partial charge in [-0.25, -0.2) is 18.4 Å². The standard InChI is InChI=1S/C11H14BrN5O2S/c1-20(18,19)17-6-4-15(5-7-17)11-10-13-2-3-16(10)8-9(12)14-11/h2-3,8H,4-7H2,1H3. The molecule has 20 heavy (non-hydrogen) atoms. The molecule has 0 atom stereocenters. The van der Waals surface area contributed by atoms with Crippen LogP contribution >= 0.6 is 15.9 Å². The lowest BCUT2D eigenvalue weighted by Crippen LogP contribution is -2.48. The van der Waals surface area contributed by atoms with Crippen LogP contribution in [0.1, 0.15) is 0 Å². The number of sulfonamides is 1. The van der Waals surface area contributed by atoms with E-state index in [0.717, 1.165) is 16.1 Å². The molecule has 0 radical (unpaired) electrons. The summed E-state index contributed by atoms with van der Waals surface area (Å²) >= 11 is 3.39. The van der Waals surface area contributed by atoms with Crippen molar-refractivity contribution in [1.82, 2.24) is 18.7 Å². The molecule has 0 amide bonds. The summed E-state index contributed by atoms with van der Waals surface area (Å²) in [5, 5.41) is 0. The Balaban J connectivity index is 1.89. The predicted octanol–water partition coefficient (Wildman–Crippen LogP) is 0.573. The molecular formula is C11H14BrN5O2S. The van der Waals surface area contributed by atoms with E-state index in [1.807, 2.05) is 16.8 Å². The summed E-state index contributed by atoms with van der Waals surface area (Å²) < 4.78 is 27.2. The van der Waals surface area contributed by atoms with Crippen LogP contribution in [0.15, 0.2) is 23.2 Å². The first kappa shape index (κ1) is 13.8. The third-order valence-electron chi connectivity index (χ3n) is 3.33. The van der Waals surface area contributed by atoms with Gasteiger partial charge in [0.15, 0.2) is 11.5 Å². The fourth-order valence-corrected chi connectivity index (χ4v) is 3.54. The highest BCUT2D eigenvalue weighted by Crippen LogP contribution is 2.22. The molecule has 108 valence electrons. The smallest absolute Gasteiger partial charge is 0.211 e. The Morgan fingerprint density at radius 2 is 1.95 bits per heavy atom. The number of anilines is 1. The van der Waals surface area contributed by atoms with Gasteiger partial charge in [-0.2, -0.15) is 4.31 Å². The lowest BCUT2D eigenvalue weighted by Gasteiger charge is -2.34. The average molecular weight is 360 g/mol. The molecule has 0 unspecified atom stereocenters. The molecule has 7 nitrogen and oxygen atoms in total. The second-order valence-electron chi connectivity index (χ2n) is 4.69. The highest BCUT2D eigenvalue weighted by molar-refractivity contribution is 9.10. The highest BCUT2D eigenvalue weighted by Gasteiger charge is 2.25. The van der Waals surface area contributed by atoms with Gasteiger partial charge in [-0.05, 0) is 15.9 Å². The molecule has 2 aromatic rings. The Morgan fingerprint density at radius 1 is 1.25 bits per heavy atom. The van der Waals surface area contributed by atoms with E-state index in [9.17, 15) is 8.42 Å². The molecule has 1 saturated heterocycles. The second-order valence-corrected chi connectivity index (χ2v) is 7.49. The molecule has 0 aliphatic carbocycles. The van der Waals surface area contributed by atoms with Crippen molar-refractivity contribution in [2.75, 3.05) is 37.3 Å². The van der Waals surface area contributed by atoms with Gasteiger partial charge in [-0.15, -0.1) is 0 Å². The normalized spacial score (nSPS) is 17.8. The first-order chi connectivity index (χ1) is 9.45. The SMILES string of the molecule is CS(=O)(=O)N1CCN(c2nc(Br)cn3ccnc23)CC1. The van der Waals surface area contributed by atoms with E-state index in [4.69, 9.17) is 0 Å². The van der Waals surface area contributed by atoms with E-state index in [0.29, 0.717) is 26.2 Å². The first-order valence-corrected chi connectivity index (χ1v) is 8.78. The van der Waals surface area contributed by atoms with Gasteiger partial charge in [-0.1, -0.05) is 0 Å². The number of halogens is 1. The fourth-order valence-electron chi connectivity index (χ4n) is 2.33. The van der Waals surface area contributed by atoms with Crippen molar-refractivity contribution in [3.63, 3.8) is 0 Å². The van der Waals surface area contributed by atoms with Gasteiger partial charge < -0.3 is 9.30 Å². The number of nitrogens with zero attached hydrogens (tertiary/aromatic N) is 5. The van der Waals surface area contributed by atoms with Crippen molar-refractivity contribution in [1.29, 1.82) is 0 Å². The van der Waals surface area contributed by atoms with Crippen LogP contribution in [-0.4, -0.2) is 59.5 Å². The third-order valence-corrected chi connectivity index (χ3v) is 5.02. The number of hydrogen-bond acceptors (Lipinski definition) is 5. The molecule has 0 saturated carbocycles. The van der Waals surface area contributed by atoms with Crippen LogP contribution < -0.4 is 4.90 Å². The molecule has 0 N–H and O–H groups in total. The minimum Gasteiger partial charge on any atom is -0.351 e. The van der Waals surface area contributed by atoms with E-state index in [2.05, 4.69) is 30.8 Å². The predicted molar refractivity (Wildman–Crippen MR) is 79.3 cm³/mol. The lowest BCUT2D eigenvalue weighted by atomic mass is 10.3. The van der Waals surface area contributed by atoms with Gasteiger partial charge in [0.05, 0.1) is 6.26 Å². The molecular weight excluding hydrogens is 346 g/mol. The van der Waals surface area contributed by atoms with Gasteiger partial charge in [0.1, 0.15) is 4.60 Å². The maximum atomic E-state index is 11.5. The molecule has 2 aromatic heterocycles. The fraction of sp³-hybridized carbons (Fsp3) is 0.455. The Morgan fingerprint density at radius 3 is 2.60 bits per heavy atom. The third kappa shape index (κ3) is 2.52. The molecule has 1 aliphatic heterocycles. The van der Waals surface area contributed by atoms with E-state index >= 15 is 0 Å². The summed E-state index contributed by atoms with van der Waals surface area (Å²) in [6.07, 6.45) is 6.67. The minimum absolute atomic E-state index is 0.472. The molecule has 3 rings (SSSR count). The van der Waals surface area contributed by atoms with Crippen LogP contribution in [0.25, 0.3) is 5.65 Å². The summed E-state index contributed by atoms with van der Waals surface area (Å²) in [6.45, 7) is 2.16. The number of aromatic nitrogens is 3. The van der Waals surface area contributed by atoms with Gasteiger partial charge in [0.25, 0.3) is 0 Å². The molecule has 1 aliphatic rings. The maximum absolute atomic E-state index is 11.5. The minimum atomic E-state index is -3.12. The van der Waals surface area contributed by atoms with Crippen molar-refractivity contribution < 1.29 is 8.42 Å². The van der Waals surface area contributed by atoms with Crippen molar-refractivity contribution in [2.24, 2.45) is 0 Å². The Labute approximate surface area is 125 Å². The van der Waals surface area contributed by atoms with E-state index in [-0.39, 0.29) is 0 Å². The second kappa shape index (κ2) is 4.97. The van der Waals surface area contributed by atoms with Crippen molar-refractivity contribution in [3.8, 4) is 0 Å².